The van der Waals surface area contributed by atoms with E-state index in [2.05, 4.69) is 25.6 Å². The molecule has 11 heteroatoms. The predicted octanol–water partition coefficient (Wildman–Crippen LogP) is 8.19. The largest absolute Gasteiger partial charge is 0.497 e. The molecule has 0 bridgehead atoms. The van der Waals surface area contributed by atoms with Gasteiger partial charge in [-0.05, 0) is 65.2 Å². The van der Waals surface area contributed by atoms with Gasteiger partial charge in [0.05, 0.1) is 13.7 Å². The third-order valence-electron chi connectivity index (χ3n) is 5.46. The minimum absolute atomic E-state index is 0.628. The Hall–Kier alpha value is -3.36. The Kier molecular flexibility index (Phi) is 10.4. The van der Waals surface area contributed by atoms with E-state index >= 15 is 0 Å². The molecular weight excluding hydrogens is 578 g/mol. The molecule has 0 aliphatic heterocycles. The van der Waals surface area contributed by atoms with Gasteiger partial charge in [0, 0.05) is 58.0 Å². The number of imidazole rings is 2. The standard InChI is InChI=1S/C18H17Cl2N3O.C10H9Cl2N3/c1-24-17-4-2-3-13(9-17)11-22-18-21-5-6-23(18)12-14-7-15(19)10-16(20)8-14;11-8-3-7(4-9(12)5-8)6-15-10-13-1-2-14-10/h2-10H,11-12H2,1H3,(H,21,22);1-5H,6H2,(H2,13,14,15). The van der Waals surface area contributed by atoms with Gasteiger partial charge in [0.2, 0.25) is 5.95 Å². The van der Waals surface area contributed by atoms with Gasteiger partial charge < -0.3 is 24.9 Å². The molecule has 0 aliphatic rings. The molecule has 0 atom stereocenters. The lowest BCUT2D eigenvalue weighted by molar-refractivity contribution is 0.414. The number of hydrogen-bond donors (Lipinski definition) is 3. The highest BCUT2D eigenvalue weighted by atomic mass is 35.5. The average Bonchev–Trinajstić information content (AvgIpc) is 3.58. The molecule has 202 valence electrons. The first-order valence-corrected chi connectivity index (χ1v) is 13.4. The molecule has 39 heavy (non-hydrogen) atoms. The Balaban J connectivity index is 0.000000202. The van der Waals surface area contributed by atoms with Crippen LogP contribution in [0.2, 0.25) is 20.1 Å². The zero-order chi connectivity index (χ0) is 27.6. The van der Waals surface area contributed by atoms with Crippen molar-refractivity contribution in [1.82, 2.24) is 19.5 Å². The van der Waals surface area contributed by atoms with Gasteiger partial charge >= 0.3 is 0 Å². The number of methoxy groups -OCH3 is 1. The number of benzene rings is 3. The van der Waals surface area contributed by atoms with Gasteiger partial charge in [-0.3, -0.25) is 0 Å². The van der Waals surface area contributed by atoms with Crippen molar-refractivity contribution >= 4 is 58.3 Å². The summed E-state index contributed by atoms with van der Waals surface area (Å²) >= 11 is 23.9. The van der Waals surface area contributed by atoms with Crippen molar-refractivity contribution in [3.8, 4) is 5.75 Å². The Morgan fingerprint density at radius 2 is 1.44 bits per heavy atom. The van der Waals surface area contributed by atoms with Crippen LogP contribution in [0.3, 0.4) is 0 Å². The summed E-state index contributed by atoms with van der Waals surface area (Å²) in [5.41, 5.74) is 3.16. The van der Waals surface area contributed by atoms with E-state index in [9.17, 15) is 0 Å². The van der Waals surface area contributed by atoms with E-state index in [1.54, 1.807) is 37.8 Å². The number of aromatic amines is 1. The maximum Gasteiger partial charge on any atom is 0.203 e. The predicted molar refractivity (Wildman–Crippen MR) is 160 cm³/mol. The van der Waals surface area contributed by atoms with Crippen molar-refractivity contribution in [2.75, 3.05) is 17.7 Å². The summed E-state index contributed by atoms with van der Waals surface area (Å²) in [4.78, 5) is 11.4. The number of hydrogen-bond acceptors (Lipinski definition) is 5. The van der Waals surface area contributed by atoms with Crippen LogP contribution in [0.4, 0.5) is 11.9 Å². The maximum absolute atomic E-state index is 6.06. The first-order chi connectivity index (χ1) is 18.9. The van der Waals surface area contributed by atoms with Crippen molar-refractivity contribution in [2.45, 2.75) is 19.6 Å². The zero-order valence-electron chi connectivity index (χ0n) is 21.0. The molecule has 2 aromatic heterocycles. The Labute approximate surface area is 247 Å². The van der Waals surface area contributed by atoms with Crippen molar-refractivity contribution in [3.63, 3.8) is 0 Å². The summed E-state index contributed by atoms with van der Waals surface area (Å²) in [6.07, 6.45) is 7.13. The zero-order valence-corrected chi connectivity index (χ0v) is 24.0. The summed E-state index contributed by atoms with van der Waals surface area (Å²) in [7, 11) is 1.66. The third kappa shape index (κ3) is 9.11. The Bertz CT molecular complexity index is 1450. The fourth-order valence-corrected chi connectivity index (χ4v) is 4.87. The molecule has 0 unspecified atom stereocenters. The van der Waals surface area contributed by atoms with E-state index in [-0.39, 0.29) is 0 Å². The van der Waals surface area contributed by atoms with Gasteiger partial charge in [0.25, 0.3) is 0 Å². The average molecular weight is 604 g/mol. The lowest BCUT2D eigenvalue weighted by Gasteiger charge is -2.11. The van der Waals surface area contributed by atoms with Crippen molar-refractivity contribution < 1.29 is 4.74 Å². The monoisotopic (exact) mass is 602 g/mol. The van der Waals surface area contributed by atoms with Gasteiger partial charge in [-0.25, -0.2) is 9.97 Å². The Morgan fingerprint density at radius 3 is 2.08 bits per heavy atom. The van der Waals surface area contributed by atoms with Crippen LogP contribution in [-0.4, -0.2) is 26.6 Å². The second kappa shape index (κ2) is 14.1. The van der Waals surface area contributed by atoms with E-state index in [0.29, 0.717) is 39.7 Å². The van der Waals surface area contributed by atoms with Crippen molar-refractivity contribution in [1.29, 1.82) is 0 Å². The number of halogens is 4. The summed E-state index contributed by atoms with van der Waals surface area (Å²) in [6.45, 7) is 1.93. The van der Waals surface area contributed by atoms with Crippen LogP contribution < -0.4 is 15.4 Å². The van der Waals surface area contributed by atoms with Crippen LogP contribution in [-0.2, 0) is 19.6 Å². The topological polar surface area (TPSA) is 79.8 Å². The first-order valence-electron chi connectivity index (χ1n) is 11.9. The number of nitrogens with one attached hydrogen (secondary N) is 3. The van der Waals surface area contributed by atoms with Crippen LogP contribution in [0.15, 0.2) is 85.5 Å². The second-order valence-electron chi connectivity index (χ2n) is 8.43. The summed E-state index contributed by atoms with van der Waals surface area (Å²) in [5.74, 6) is 2.35. The molecule has 0 aliphatic carbocycles. The molecule has 3 aromatic carbocycles. The lowest BCUT2D eigenvalue weighted by atomic mass is 10.2. The minimum atomic E-state index is 0.628. The molecule has 0 radical (unpaired) electrons. The number of nitrogens with zero attached hydrogens (tertiary/aromatic N) is 3. The molecule has 2 heterocycles. The molecule has 0 amide bonds. The van der Waals surface area contributed by atoms with Gasteiger partial charge in [0.15, 0.2) is 5.95 Å². The lowest BCUT2D eigenvalue weighted by Crippen LogP contribution is -2.08. The van der Waals surface area contributed by atoms with Gasteiger partial charge in [0.1, 0.15) is 5.75 Å². The van der Waals surface area contributed by atoms with Crippen molar-refractivity contribution in [2.24, 2.45) is 0 Å². The number of H-pyrrole nitrogens is 1. The number of ether oxygens (including phenoxy) is 1. The molecule has 0 saturated heterocycles. The van der Waals surface area contributed by atoms with Gasteiger partial charge in [-0.15, -0.1) is 0 Å². The molecule has 5 rings (SSSR count). The van der Waals surface area contributed by atoms with E-state index in [0.717, 1.165) is 34.3 Å². The summed E-state index contributed by atoms with van der Waals surface area (Å²) in [5, 5.41) is 8.98. The highest BCUT2D eigenvalue weighted by Crippen LogP contribution is 2.22. The van der Waals surface area contributed by atoms with Gasteiger partial charge in [-0.1, -0.05) is 58.5 Å². The van der Waals surface area contributed by atoms with Crippen LogP contribution in [0.5, 0.6) is 5.75 Å². The smallest absolute Gasteiger partial charge is 0.203 e. The van der Waals surface area contributed by atoms with E-state index < -0.39 is 0 Å². The molecule has 5 aromatic rings. The van der Waals surface area contributed by atoms with E-state index in [1.165, 1.54) is 0 Å². The highest BCUT2D eigenvalue weighted by molar-refractivity contribution is 6.35. The SMILES string of the molecule is COc1cccc(CNc2nccn2Cc2cc(Cl)cc(Cl)c2)c1.Clc1cc(Cl)cc(CNc2ncc[nH]2)c1. The quantitative estimate of drug-likeness (QED) is 0.158. The minimum Gasteiger partial charge on any atom is -0.497 e. The normalized spacial score (nSPS) is 10.5. The van der Waals surface area contributed by atoms with Crippen LogP contribution in [0.25, 0.3) is 0 Å². The summed E-state index contributed by atoms with van der Waals surface area (Å²) < 4.78 is 7.26. The number of rotatable bonds is 9. The van der Waals surface area contributed by atoms with Crippen LogP contribution in [0, 0.1) is 0 Å². The third-order valence-corrected chi connectivity index (χ3v) is 6.33. The second-order valence-corrected chi connectivity index (χ2v) is 10.2. The summed E-state index contributed by atoms with van der Waals surface area (Å²) in [6, 6.07) is 18.9. The van der Waals surface area contributed by atoms with E-state index in [4.69, 9.17) is 51.1 Å². The van der Waals surface area contributed by atoms with Crippen molar-refractivity contribution in [3.05, 3.63) is 122 Å². The molecule has 7 nitrogen and oxygen atoms in total. The first kappa shape index (κ1) is 28.6. The Morgan fingerprint density at radius 1 is 0.769 bits per heavy atom. The fourth-order valence-electron chi connectivity index (χ4n) is 3.73. The molecule has 0 spiro atoms. The fraction of sp³-hybridized carbons (Fsp3) is 0.143. The van der Waals surface area contributed by atoms with Crippen LogP contribution in [0.1, 0.15) is 16.7 Å². The number of anilines is 2. The molecule has 0 saturated carbocycles. The molecule has 3 N–H and O–H groups in total. The maximum atomic E-state index is 6.06. The number of aromatic nitrogens is 4. The van der Waals surface area contributed by atoms with Gasteiger partial charge in [-0.2, -0.15) is 0 Å². The highest BCUT2D eigenvalue weighted by Gasteiger charge is 2.06. The van der Waals surface area contributed by atoms with E-state index in [1.807, 2.05) is 59.3 Å². The molecular formula is C28H26Cl4N6O. The van der Waals surface area contributed by atoms with Crippen LogP contribution >= 0.6 is 46.4 Å². The molecule has 0 fully saturated rings.